The molecule has 17 heavy (non-hydrogen) atoms. The first-order valence-corrected chi connectivity index (χ1v) is 5.20. The Hall–Kier alpha value is -0.210. The van der Waals surface area contributed by atoms with Crippen LogP contribution in [0.25, 0.3) is 0 Å². The second-order valence-corrected chi connectivity index (χ2v) is 4.04. The van der Waals surface area contributed by atoms with Gasteiger partial charge in [-0.3, -0.25) is 4.99 Å². The molecule has 0 heterocycles. The normalized spacial score (nSPS) is 10.5. The first kappa shape index (κ1) is 19.1. The van der Waals surface area contributed by atoms with Gasteiger partial charge in [-0.2, -0.15) is 13.2 Å². The van der Waals surface area contributed by atoms with E-state index >= 15 is 0 Å². The number of guanidine groups is 1. The summed E-state index contributed by atoms with van der Waals surface area (Å²) in [6.45, 7) is 0.432. The van der Waals surface area contributed by atoms with Crippen LogP contribution in [-0.2, 0) is 0 Å². The van der Waals surface area contributed by atoms with Gasteiger partial charge in [-0.05, 0) is 12.8 Å². The lowest BCUT2D eigenvalue weighted by Gasteiger charge is -2.22. The Morgan fingerprint density at radius 1 is 1.00 bits per heavy atom. The van der Waals surface area contributed by atoms with Crippen LogP contribution in [-0.4, -0.2) is 56.7 Å². The molecule has 0 saturated carbocycles. The van der Waals surface area contributed by atoms with Crippen molar-refractivity contribution in [2.45, 2.75) is 25.4 Å². The molecule has 0 radical (unpaired) electrons. The fraction of sp³-hybridized carbons (Fsp3) is 0.900. The van der Waals surface area contributed by atoms with Crippen LogP contribution < -0.4 is 0 Å². The van der Waals surface area contributed by atoms with Gasteiger partial charge in [0.05, 0.1) is 0 Å². The molecule has 0 spiro atoms. The molecule has 0 saturated heterocycles. The predicted molar refractivity (Wildman–Crippen MR) is 75.0 cm³/mol. The molecule has 0 N–H and O–H groups in total. The van der Waals surface area contributed by atoms with Crippen LogP contribution in [0.15, 0.2) is 4.99 Å². The van der Waals surface area contributed by atoms with Crippen molar-refractivity contribution in [3.8, 4) is 0 Å². The molecule has 0 fully saturated rings. The van der Waals surface area contributed by atoms with E-state index in [1.165, 1.54) is 0 Å². The maximum atomic E-state index is 11.8. The van der Waals surface area contributed by atoms with E-state index in [1.54, 1.807) is 0 Å². The molecule has 0 rings (SSSR count). The highest BCUT2D eigenvalue weighted by molar-refractivity contribution is 14.0. The highest BCUT2D eigenvalue weighted by Crippen LogP contribution is 2.21. The lowest BCUT2D eigenvalue weighted by molar-refractivity contribution is -0.135. The smallest absolute Gasteiger partial charge is 0.349 e. The summed E-state index contributed by atoms with van der Waals surface area (Å²) < 4.78 is 35.5. The van der Waals surface area contributed by atoms with Gasteiger partial charge >= 0.3 is 6.18 Å². The van der Waals surface area contributed by atoms with E-state index in [2.05, 4.69) is 4.99 Å². The Labute approximate surface area is 118 Å². The Morgan fingerprint density at radius 3 is 1.82 bits per heavy atom. The first-order valence-electron chi connectivity index (χ1n) is 5.20. The van der Waals surface area contributed by atoms with Gasteiger partial charge in [0.25, 0.3) is 0 Å². The summed E-state index contributed by atoms with van der Waals surface area (Å²) in [6.07, 6.45) is -4.16. The van der Waals surface area contributed by atoms with Gasteiger partial charge in [0.15, 0.2) is 5.96 Å². The molecule has 0 aliphatic rings. The van der Waals surface area contributed by atoms with Crippen LogP contribution in [0.4, 0.5) is 13.2 Å². The van der Waals surface area contributed by atoms with Gasteiger partial charge in [0, 0.05) is 41.2 Å². The SMILES string of the molecule is CN(C)C(=NCCCCC(F)(F)F)N(C)C.I. The number of rotatable bonds is 4. The zero-order valence-corrected chi connectivity index (χ0v) is 13.0. The molecule has 0 aliphatic carbocycles. The fourth-order valence-electron chi connectivity index (χ4n) is 1.30. The summed E-state index contributed by atoms with van der Waals surface area (Å²) in [6, 6.07) is 0. The average Bonchev–Trinajstić information content (AvgIpc) is 2.07. The van der Waals surface area contributed by atoms with E-state index in [-0.39, 0.29) is 30.4 Å². The Bertz CT molecular complexity index is 217. The summed E-state index contributed by atoms with van der Waals surface area (Å²) in [5, 5.41) is 0. The first-order chi connectivity index (χ1) is 7.24. The quantitative estimate of drug-likeness (QED) is 0.329. The van der Waals surface area contributed by atoms with Gasteiger partial charge in [-0.1, -0.05) is 0 Å². The Morgan fingerprint density at radius 2 is 1.47 bits per heavy atom. The molecule has 0 aromatic heterocycles. The number of nitrogens with zero attached hydrogens (tertiary/aromatic N) is 3. The van der Waals surface area contributed by atoms with Crippen molar-refractivity contribution < 1.29 is 13.2 Å². The second kappa shape index (κ2) is 8.82. The van der Waals surface area contributed by atoms with Crippen molar-refractivity contribution in [2.75, 3.05) is 34.7 Å². The number of unbranched alkanes of at least 4 members (excludes halogenated alkanes) is 1. The topological polar surface area (TPSA) is 18.8 Å². The van der Waals surface area contributed by atoms with E-state index in [0.717, 1.165) is 5.96 Å². The number of hydrogen-bond donors (Lipinski definition) is 0. The number of aliphatic imine (C=N–C) groups is 1. The lowest BCUT2D eigenvalue weighted by atomic mass is 10.2. The average molecular weight is 367 g/mol. The monoisotopic (exact) mass is 367 g/mol. The molecule has 0 aliphatic heterocycles. The molecule has 0 bridgehead atoms. The molecule has 0 unspecified atom stereocenters. The summed E-state index contributed by atoms with van der Waals surface area (Å²) in [5.41, 5.74) is 0. The van der Waals surface area contributed by atoms with Crippen LogP contribution in [0.1, 0.15) is 19.3 Å². The summed E-state index contributed by atoms with van der Waals surface area (Å²) in [5.74, 6) is 0.770. The van der Waals surface area contributed by atoms with Crippen LogP contribution in [0.2, 0.25) is 0 Å². The van der Waals surface area contributed by atoms with Crippen LogP contribution in [0.5, 0.6) is 0 Å². The maximum absolute atomic E-state index is 11.8. The van der Waals surface area contributed by atoms with Crippen molar-refractivity contribution in [1.29, 1.82) is 0 Å². The highest BCUT2D eigenvalue weighted by Gasteiger charge is 2.25. The minimum Gasteiger partial charge on any atom is -0.349 e. The van der Waals surface area contributed by atoms with Gasteiger partial charge in [-0.15, -0.1) is 24.0 Å². The van der Waals surface area contributed by atoms with Crippen molar-refractivity contribution in [2.24, 2.45) is 4.99 Å². The molecule has 3 nitrogen and oxygen atoms in total. The Balaban J connectivity index is 0. The van der Waals surface area contributed by atoms with Crippen LogP contribution in [0, 0.1) is 0 Å². The Kier molecular flexibility index (Phi) is 9.93. The van der Waals surface area contributed by atoms with E-state index < -0.39 is 12.6 Å². The van der Waals surface area contributed by atoms with Gasteiger partial charge in [0.1, 0.15) is 0 Å². The minimum absolute atomic E-state index is 0. The van der Waals surface area contributed by atoms with Gasteiger partial charge in [-0.25, -0.2) is 0 Å². The van der Waals surface area contributed by atoms with Crippen LogP contribution in [0.3, 0.4) is 0 Å². The minimum atomic E-state index is -4.05. The van der Waals surface area contributed by atoms with Gasteiger partial charge in [0.2, 0.25) is 0 Å². The molecule has 0 atom stereocenters. The lowest BCUT2D eigenvalue weighted by Crippen LogP contribution is -2.35. The zero-order valence-electron chi connectivity index (χ0n) is 10.7. The third-order valence-corrected chi connectivity index (χ3v) is 1.92. The third kappa shape index (κ3) is 10.7. The van der Waals surface area contributed by atoms with Crippen molar-refractivity contribution in [3.63, 3.8) is 0 Å². The molecular formula is C10H21F3IN3. The van der Waals surface area contributed by atoms with Crippen LogP contribution >= 0.6 is 24.0 Å². The van der Waals surface area contributed by atoms with Gasteiger partial charge < -0.3 is 9.80 Å². The summed E-state index contributed by atoms with van der Waals surface area (Å²) in [4.78, 5) is 7.92. The number of alkyl halides is 3. The van der Waals surface area contributed by atoms with E-state index in [4.69, 9.17) is 0 Å². The molecule has 0 aromatic carbocycles. The molecule has 104 valence electrons. The van der Waals surface area contributed by atoms with E-state index in [9.17, 15) is 13.2 Å². The third-order valence-electron chi connectivity index (χ3n) is 1.92. The van der Waals surface area contributed by atoms with E-state index in [0.29, 0.717) is 13.0 Å². The number of hydrogen-bond acceptors (Lipinski definition) is 1. The van der Waals surface area contributed by atoms with Crippen molar-refractivity contribution in [3.05, 3.63) is 0 Å². The zero-order chi connectivity index (χ0) is 12.8. The molecule has 0 amide bonds. The summed E-state index contributed by atoms with van der Waals surface area (Å²) >= 11 is 0. The predicted octanol–water partition coefficient (Wildman–Crippen LogP) is 2.82. The largest absolute Gasteiger partial charge is 0.389 e. The maximum Gasteiger partial charge on any atom is 0.389 e. The second-order valence-electron chi connectivity index (χ2n) is 4.04. The molecule has 0 aromatic rings. The molecular weight excluding hydrogens is 346 g/mol. The number of halogens is 4. The van der Waals surface area contributed by atoms with Crippen molar-refractivity contribution in [1.82, 2.24) is 9.80 Å². The highest BCUT2D eigenvalue weighted by atomic mass is 127. The standard InChI is InChI=1S/C10H20F3N3.HI/c1-15(2)9(16(3)4)14-8-6-5-7-10(11,12)13;/h5-8H2,1-4H3;1H. The van der Waals surface area contributed by atoms with Crippen molar-refractivity contribution >= 4 is 29.9 Å². The fourth-order valence-corrected chi connectivity index (χ4v) is 1.30. The summed E-state index contributed by atoms with van der Waals surface area (Å²) in [7, 11) is 7.42. The molecule has 7 heteroatoms. The van der Waals surface area contributed by atoms with E-state index in [1.807, 2.05) is 38.0 Å².